The van der Waals surface area contributed by atoms with Gasteiger partial charge in [0.15, 0.2) is 4.96 Å². The van der Waals surface area contributed by atoms with Crippen LogP contribution < -0.4 is 0 Å². The summed E-state index contributed by atoms with van der Waals surface area (Å²) in [6.45, 7) is 4.99. The lowest BCUT2D eigenvalue weighted by Crippen LogP contribution is -2.30. The van der Waals surface area contributed by atoms with Crippen molar-refractivity contribution in [2.24, 2.45) is 0 Å². The third-order valence-corrected chi connectivity index (χ3v) is 5.75. The highest BCUT2D eigenvalue weighted by molar-refractivity contribution is 7.15. The summed E-state index contributed by atoms with van der Waals surface area (Å²) in [5.74, 6) is 0. The average Bonchev–Trinajstić information content (AvgIpc) is 3.32. The molecule has 126 valence electrons. The van der Waals surface area contributed by atoms with Crippen LogP contribution in [0.5, 0.6) is 0 Å². The SMILES string of the molecule is Cc1nc2sccn2c1CN1CCc2[nH]nc(-c3ccccc3)c2C1. The predicted molar refractivity (Wildman–Crippen MR) is 99.6 cm³/mol. The van der Waals surface area contributed by atoms with Crippen LogP contribution in [0.1, 0.15) is 22.6 Å². The number of nitrogens with one attached hydrogen (secondary N) is 1. The van der Waals surface area contributed by atoms with Crippen LogP contribution in [0.15, 0.2) is 41.9 Å². The lowest BCUT2D eigenvalue weighted by Gasteiger charge is -2.27. The fourth-order valence-electron chi connectivity index (χ4n) is 3.66. The second-order valence-corrected chi connectivity index (χ2v) is 7.43. The van der Waals surface area contributed by atoms with E-state index < -0.39 is 0 Å². The monoisotopic (exact) mass is 349 g/mol. The van der Waals surface area contributed by atoms with E-state index in [1.165, 1.54) is 22.5 Å². The number of hydrogen-bond acceptors (Lipinski definition) is 4. The molecule has 0 atom stereocenters. The molecule has 0 radical (unpaired) electrons. The fraction of sp³-hybridized carbons (Fsp3) is 0.263. The molecule has 0 saturated carbocycles. The molecule has 1 N–H and O–H groups in total. The van der Waals surface area contributed by atoms with Gasteiger partial charge in [-0.25, -0.2) is 4.98 Å². The van der Waals surface area contributed by atoms with Crippen LogP contribution in [-0.2, 0) is 19.5 Å². The Bertz CT molecular complexity index is 1030. The van der Waals surface area contributed by atoms with Gasteiger partial charge in [-0.15, -0.1) is 11.3 Å². The first-order valence-electron chi connectivity index (χ1n) is 8.54. The molecule has 0 spiro atoms. The molecule has 0 saturated heterocycles. The normalized spacial score (nSPS) is 14.9. The van der Waals surface area contributed by atoms with Gasteiger partial charge in [-0.1, -0.05) is 30.3 Å². The van der Waals surface area contributed by atoms with E-state index in [1.54, 1.807) is 11.3 Å². The quantitative estimate of drug-likeness (QED) is 0.614. The number of hydrogen-bond donors (Lipinski definition) is 1. The minimum Gasteiger partial charge on any atom is -0.293 e. The molecule has 0 amide bonds. The van der Waals surface area contributed by atoms with Crippen molar-refractivity contribution in [3.8, 4) is 11.3 Å². The third kappa shape index (κ3) is 2.49. The Morgan fingerprint density at radius 1 is 1.24 bits per heavy atom. The van der Waals surface area contributed by atoms with Crippen LogP contribution in [0.2, 0.25) is 0 Å². The van der Waals surface area contributed by atoms with Gasteiger partial charge in [0.1, 0.15) is 0 Å². The van der Waals surface area contributed by atoms with Gasteiger partial charge >= 0.3 is 0 Å². The number of fused-ring (bicyclic) bond motifs is 2. The number of aromatic amines is 1. The fourth-order valence-corrected chi connectivity index (χ4v) is 4.44. The van der Waals surface area contributed by atoms with Crippen LogP contribution in [-0.4, -0.2) is 31.0 Å². The summed E-state index contributed by atoms with van der Waals surface area (Å²) in [6, 6.07) is 10.4. The van der Waals surface area contributed by atoms with Gasteiger partial charge < -0.3 is 0 Å². The summed E-state index contributed by atoms with van der Waals surface area (Å²) < 4.78 is 2.23. The molecule has 0 aliphatic carbocycles. The zero-order valence-electron chi connectivity index (χ0n) is 14.1. The van der Waals surface area contributed by atoms with Crippen LogP contribution in [0.25, 0.3) is 16.2 Å². The molecular formula is C19H19N5S. The molecule has 0 unspecified atom stereocenters. The Morgan fingerprint density at radius 3 is 3.00 bits per heavy atom. The van der Waals surface area contributed by atoms with Gasteiger partial charge in [0.05, 0.1) is 17.1 Å². The molecule has 4 heterocycles. The smallest absolute Gasteiger partial charge is 0.194 e. The van der Waals surface area contributed by atoms with E-state index in [0.29, 0.717) is 0 Å². The molecule has 3 aromatic heterocycles. The minimum atomic E-state index is 0.919. The largest absolute Gasteiger partial charge is 0.293 e. The maximum absolute atomic E-state index is 4.67. The van der Waals surface area contributed by atoms with Gasteiger partial charge in [0.25, 0.3) is 0 Å². The second-order valence-electron chi connectivity index (χ2n) is 6.56. The minimum absolute atomic E-state index is 0.919. The molecule has 5 rings (SSSR count). The zero-order valence-corrected chi connectivity index (χ0v) is 14.9. The van der Waals surface area contributed by atoms with E-state index in [4.69, 9.17) is 0 Å². The Morgan fingerprint density at radius 2 is 2.12 bits per heavy atom. The van der Waals surface area contributed by atoms with E-state index in [0.717, 1.165) is 42.4 Å². The van der Waals surface area contributed by atoms with Crippen LogP contribution in [0.3, 0.4) is 0 Å². The zero-order chi connectivity index (χ0) is 16.8. The van der Waals surface area contributed by atoms with Gasteiger partial charge in [-0.2, -0.15) is 5.10 Å². The Labute approximate surface area is 149 Å². The van der Waals surface area contributed by atoms with Crippen LogP contribution in [0, 0.1) is 6.92 Å². The summed E-state index contributed by atoms with van der Waals surface area (Å²) in [4.78, 5) is 8.25. The molecule has 6 heteroatoms. The van der Waals surface area contributed by atoms with E-state index >= 15 is 0 Å². The summed E-state index contributed by atoms with van der Waals surface area (Å²) in [6.07, 6.45) is 3.14. The third-order valence-electron chi connectivity index (χ3n) is 4.99. The van der Waals surface area contributed by atoms with Crippen molar-refractivity contribution < 1.29 is 0 Å². The van der Waals surface area contributed by atoms with Gasteiger partial charge in [-0.3, -0.25) is 14.4 Å². The first-order chi connectivity index (χ1) is 12.3. The van der Waals surface area contributed by atoms with Crippen molar-refractivity contribution in [2.75, 3.05) is 6.54 Å². The number of rotatable bonds is 3. The number of aromatic nitrogens is 4. The van der Waals surface area contributed by atoms with E-state index in [1.807, 2.05) is 6.07 Å². The number of imidazole rings is 1. The highest BCUT2D eigenvalue weighted by Gasteiger charge is 2.24. The van der Waals surface area contributed by atoms with Crippen LogP contribution in [0.4, 0.5) is 0 Å². The molecule has 5 nitrogen and oxygen atoms in total. The maximum Gasteiger partial charge on any atom is 0.194 e. The number of H-pyrrole nitrogens is 1. The van der Waals surface area contributed by atoms with E-state index in [2.05, 4.69) is 67.2 Å². The van der Waals surface area contributed by atoms with Gasteiger partial charge in [0.2, 0.25) is 0 Å². The van der Waals surface area contributed by atoms with Gasteiger partial charge in [-0.05, 0) is 6.92 Å². The highest BCUT2D eigenvalue weighted by atomic mass is 32.1. The first kappa shape index (κ1) is 14.9. The molecule has 0 fully saturated rings. The number of nitrogens with zero attached hydrogens (tertiary/aromatic N) is 4. The first-order valence-corrected chi connectivity index (χ1v) is 9.42. The van der Waals surface area contributed by atoms with Crippen molar-refractivity contribution in [1.82, 2.24) is 24.5 Å². The van der Waals surface area contributed by atoms with Gasteiger partial charge in [0, 0.05) is 54.5 Å². The Balaban J connectivity index is 1.45. The Kier molecular flexibility index (Phi) is 3.46. The summed E-state index contributed by atoms with van der Waals surface area (Å²) in [7, 11) is 0. The van der Waals surface area contributed by atoms with Crippen molar-refractivity contribution in [2.45, 2.75) is 26.4 Å². The molecule has 4 aromatic rings. The Hall–Kier alpha value is -2.44. The predicted octanol–water partition coefficient (Wildman–Crippen LogP) is 3.65. The lowest BCUT2D eigenvalue weighted by molar-refractivity contribution is 0.241. The number of aryl methyl sites for hydroxylation is 1. The summed E-state index contributed by atoms with van der Waals surface area (Å²) in [5.41, 5.74) is 7.31. The van der Waals surface area contributed by atoms with E-state index in [-0.39, 0.29) is 0 Å². The van der Waals surface area contributed by atoms with Crippen molar-refractivity contribution in [3.63, 3.8) is 0 Å². The molecule has 1 aliphatic heterocycles. The average molecular weight is 349 g/mol. The maximum atomic E-state index is 4.67. The highest BCUT2D eigenvalue weighted by Crippen LogP contribution is 2.29. The topological polar surface area (TPSA) is 49.2 Å². The number of thiazole rings is 1. The summed E-state index contributed by atoms with van der Waals surface area (Å²) >= 11 is 1.69. The second kappa shape index (κ2) is 5.82. The standard InChI is InChI=1S/C19H19N5S/c1-13-17(24-9-10-25-19(24)20-13)12-23-8-7-16-15(11-23)18(22-21-16)14-5-3-2-4-6-14/h2-6,9-10H,7-8,11-12H2,1H3,(H,21,22). The van der Waals surface area contributed by atoms with Crippen LogP contribution >= 0.6 is 11.3 Å². The van der Waals surface area contributed by atoms with E-state index in [9.17, 15) is 0 Å². The van der Waals surface area contributed by atoms with Crippen molar-refractivity contribution >= 4 is 16.3 Å². The van der Waals surface area contributed by atoms with Crippen molar-refractivity contribution in [1.29, 1.82) is 0 Å². The lowest BCUT2D eigenvalue weighted by atomic mass is 10.0. The molecule has 1 aliphatic rings. The number of benzene rings is 1. The summed E-state index contributed by atoms with van der Waals surface area (Å²) in [5, 5.41) is 9.94. The molecular weight excluding hydrogens is 330 g/mol. The molecule has 1 aromatic carbocycles. The van der Waals surface area contributed by atoms with Crippen molar-refractivity contribution in [3.05, 3.63) is 64.6 Å². The molecule has 25 heavy (non-hydrogen) atoms. The molecule has 0 bridgehead atoms.